The van der Waals surface area contributed by atoms with Crippen LogP contribution in [0.4, 0.5) is 4.79 Å². The summed E-state index contributed by atoms with van der Waals surface area (Å²) in [5.74, 6) is 0. The van der Waals surface area contributed by atoms with Crippen molar-refractivity contribution in [3.63, 3.8) is 0 Å². The fourth-order valence-corrected chi connectivity index (χ4v) is 3.86. The SMILES string of the molecule is CC(C)(C)OC(N)=O.NCCNS(=O)(=O)c1cc(Br)cc2cnccc12. The summed E-state index contributed by atoms with van der Waals surface area (Å²) in [5.41, 5.74) is 9.58. The molecular weight excluding hydrogens is 424 g/mol. The molecule has 0 aliphatic heterocycles. The van der Waals surface area contributed by atoms with Crippen molar-refractivity contribution in [1.29, 1.82) is 0 Å². The standard InChI is InChI=1S/C11H12BrN3O2S.C5H11NO2/c12-9-5-8-7-14-3-1-10(8)11(6-9)18(16,17)15-4-2-13;1-5(2,3)8-4(6)7/h1,3,5-7,15H,2,4,13H2;1-3H3,(H2,6,7). The first-order valence-corrected chi connectivity index (χ1v) is 9.95. The summed E-state index contributed by atoms with van der Waals surface area (Å²) in [6.45, 7) is 5.75. The molecule has 0 unspecified atom stereocenters. The summed E-state index contributed by atoms with van der Waals surface area (Å²) < 4.78 is 32.0. The molecule has 0 aliphatic rings. The van der Waals surface area contributed by atoms with Crippen molar-refractivity contribution in [2.45, 2.75) is 31.3 Å². The molecule has 2 rings (SSSR count). The molecule has 0 bridgehead atoms. The van der Waals surface area contributed by atoms with E-state index in [4.69, 9.17) is 11.5 Å². The summed E-state index contributed by atoms with van der Waals surface area (Å²) in [5, 5.41) is 1.40. The zero-order valence-corrected chi connectivity index (χ0v) is 17.2. The van der Waals surface area contributed by atoms with Gasteiger partial charge in [0.25, 0.3) is 0 Å². The van der Waals surface area contributed by atoms with E-state index in [0.29, 0.717) is 9.86 Å². The van der Waals surface area contributed by atoms with Crippen molar-refractivity contribution in [1.82, 2.24) is 9.71 Å². The van der Waals surface area contributed by atoms with Gasteiger partial charge in [0, 0.05) is 40.7 Å². The van der Waals surface area contributed by atoms with Crippen LogP contribution in [-0.4, -0.2) is 38.2 Å². The van der Waals surface area contributed by atoms with E-state index in [9.17, 15) is 13.2 Å². The number of primary amides is 1. The van der Waals surface area contributed by atoms with Crippen LogP contribution in [0, 0.1) is 0 Å². The second-order valence-electron chi connectivity index (χ2n) is 6.22. The molecule has 5 N–H and O–H groups in total. The number of sulfonamides is 1. The number of carbonyl (C=O) groups excluding carboxylic acids is 1. The van der Waals surface area contributed by atoms with Gasteiger partial charge in [-0.3, -0.25) is 4.98 Å². The number of nitrogens with two attached hydrogens (primary N) is 2. The summed E-state index contributed by atoms with van der Waals surface area (Å²) in [6.07, 6.45) is 2.47. The van der Waals surface area contributed by atoms with E-state index in [-0.39, 0.29) is 18.0 Å². The third-order valence-corrected chi connectivity index (χ3v) is 4.77. The Morgan fingerprint density at radius 1 is 1.35 bits per heavy atom. The van der Waals surface area contributed by atoms with Gasteiger partial charge < -0.3 is 16.2 Å². The molecule has 8 nitrogen and oxygen atoms in total. The van der Waals surface area contributed by atoms with E-state index in [1.165, 1.54) is 0 Å². The predicted molar refractivity (Wildman–Crippen MR) is 104 cm³/mol. The van der Waals surface area contributed by atoms with Gasteiger partial charge in [-0.15, -0.1) is 0 Å². The zero-order chi connectivity index (χ0) is 20.0. The molecule has 144 valence electrons. The van der Waals surface area contributed by atoms with Crippen molar-refractivity contribution < 1.29 is 17.9 Å². The number of aromatic nitrogens is 1. The Kier molecular flexibility index (Phi) is 7.94. The summed E-state index contributed by atoms with van der Waals surface area (Å²) in [7, 11) is -3.56. The van der Waals surface area contributed by atoms with Gasteiger partial charge in [-0.05, 0) is 39.0 Å². The molecule has 0 radical (unpaired) electrons. The van der Waals surface area contributed by atoms with Gasteiger partial charge in [-0.2, -0.15) is 0 Å². The molecule has 0 fully saturated rings. The van der Waals surface area contributed by atoms with Gasteiger partial charge in [-0.25, -0.2) is 17.9 Å². The highest BCUT2D eigenvalue weighted by molar-refractivity contribution is 9.10. The van der Waals surface area contributed by atoms with Crippen LogP contribution in [0.1, 0.15) is 20.8 Å². The van der Waals surface area contributed by atoms with Crippen molar-refractivity contribution in [2.24, 2.45) is 11.5 Å². The highest BCUT2D eigenvalue weighted by atomic mass is 79.9. The lowest BCUT2D eigenvalue weighted by Crippen LogP contribution is -2.29. The molecule has 1 aromatic heterocycles. The Balaban J connectivity index is 0.000000359. The number of nitrogens with one attached hydrogen (secondary N) is 1. The van der Waals surface area contributed by atoms with Crippen LogP contribution in [0.3, 0.4) is 0 Å². The predicted octanol–water partition coefficient (Wildman–Crippen LogP) is 2.11. The Bertz CT molecular complexity index is 866. The smallest absolute Gasteiger partial charge is 0.405 e. The highest BCUT2D eigenvalue weighted by Crippen LogP contribution is 2.26. The molecular formula is C16H23BrN4O4S. The number of nitrogens with zero attached hydrogens (tertiary/aromatic N) is 1. The minimum absolute atomic E-state index is 0.210. The number of fused-ring (bicyclic) bond motifs is 1. The number of hydrogen-bond donors (Lipinski definition) is 3. The van der Waals surface area contributed by atoms with E-state index >= 15 is 0 Å². The van der Waals surface area contributed by atoms with E-state index in [0.717, 1.165) is 5.39 Å². The number of amides is 1. The quantitative estimate of drug-likeness (QED) is 0.657. The normalized spacial score (nSPS) is 11.6. The minimum atomic E-state index is -3.56. The summed E-state index contributed by atoms with van der Waals surface area (Å²) in [6, 6.07) is 5.07. The Hall–Kier alpha value is -1.75. The van der Waals surface area contributed by atoms with Gasteiger partial charge in [0.05, 0.1) is 4.90 Å². The molecule has 1 aromatic carbocycles. The van der Waals surface area contributed by atoms with Crippen molar-refractivity contribution in [3.05, 3.63) is 35.1 Å². The number of benzene rings is 1. The van der Waals surface area contributed by atoms with Gasteiger partial charge in [0.2, 0.25) is 10.0 Å². The molecule has 0 atom stereocenters. The molecule has 26 heavy (non-hydrogen) atoms. The average molecular weight is 447 g/mol. The second-order valence-corrected chi connectivity index (χ2v) is 8.87. The van der Waals surface area contributed by atoms with Gasteiger partial charge >= 0.3 is 6.09 Å². The average Bonchev–Trinajstić information content (AvgIpc) is 2.50. The molecule has 0 saturated heterocycles. The monoisotopic (exact) mass is 446 g/mol. The summed E-state index contributed by atoms with van der Waals surface area (Å²) in [4.78, 5) is 14.2. The van der Waals surface area contributed by atoms with Crippen molar-refractivity contribution in [3.8, 4) is 0 Å². The van der Waals surface area contributed by atoms with Crippen LogP contribution in [0.25, 0.3) is 10.8 Å². The number of carbonyl (C=O) groups is 1. The number of rotatable bonds is 4. The largest absolute Gasteiger partial charge is 0.444 e. The first kappa shape index (κ1) is 22.3. The van der Waals surface area contributed by atoms with Gasteiger partial charge in [0.15, 0.2) is 0 Å². The lowest BCUT2D eigenvalue weighted by atomic mass is 10.2. The van der Waals surface area contributed by atoms with Crippen LogP contribution in [0.2, 0.25) is 0 Å². The van der Waals surface area contributed by atoms with E-state index in [2.05, 4.69) is 30.4 Å². The number of hydrogen-bond acceptors (Lipinski definition) is 6. The molecule has 0 aliphatic carbocycles. The van der Waals surface area contributed by atoms with Crippen LogP contribution in [-0.2, 0) is 14.8 Å². The fraction of sp³-hybridized carbons (Fsp3) is 0.375. The lowest BCUT2D eigenvalue weighted by Gasteiger charge is -2.16. The maximum Gasteiger partial charge on any atom is 0.405 e. The molecule has 0 saturated carbocycles. The first-order valence-electron chi connectivity index (χ1n) is 7.68. The Labute approximate surface area is 161 Å². The van der Waals surface area contributed by atoms with Crippen LogP contribution in [0.5, 0.6) is 0 Å². The van der Waals surface area contributed by atoms with Gasteiger partial charge in [-0.1, -0.05) is 15.9 Å². The third-order valence-electron chi connectivity index (χ3n) is 2.81. The Morgan fingerprint density at radius 3 is 2.50 bits per heavy atom. The maximum absolute atomic E-state index is 12.1. The molecule has 10 heteroatoms. The van der Waals surface area contributed by atoms with Crippen LogP contribution in [0.15, 0.2) is 40.0 Å². The number of ether oxygens (including phenoxy) is 1. The zero-order valence-electron chi connectivity index (χ0n) is 14.8. The topological polar surface area (TPSA) is 137 Å². The van der Waals surface area contributed by atoms with Crippen LogP contribution < -0.4 is 16.2 Å². The maximum atomic E-state index is 12.1. The number of halogens is 1. The second kappa shape index (κ2) is 9.26. The minimum Gasteiger partial charge on any atom is -0.444 e. The third kappa shape index (κ3) is 7.24. The summed E-state index contributed by atoms with van der Waals surface area (Å²) >= 11 is 3.30. The van der Waals surface area contributed by atoms with E-state index < -0.39 is 21.7 Å². The van der Waals surface area contributed by atoms with E-state index in [1.807, 2.05) is 6.07 Å². The van der Waals surface area contributed by atoms with Crippen molar-refractivity contribution in [2.75, 3.05) is 13.1 Å². The fourth-order valence-electron chi connectivity index (χ4n) is 1.93. The lowest BCUT2D eigenvalue weighted by molar-refractivity contribution is 0.0600. The number of pyridine rings is 1. The Morgan fingerprint density at radius 2 is 2.00 bits per heavy atom. The van der Waals surface area contributed by atoms with Crippen molar-refractivity contribution >= 4 is 42.8 Å². The first-order chi connectivity index (χ1) is 12.0. The molecule has 0 spiro atoms. The highest BCUT2D eigenvalue weighted by Gasteiger charge is 2.17. The van der Waals surface area contributed by atoms with E-state index in [1.54, 1.807) is 45.3 Å². The molecule has 1 heterocycles. The van der Waals surface area contributed by atoms with Crippen LogP contribution >= 0.6 is 15.9 Å². The molecule has 1 amide bonds. The van der Waals surface area contributed by atoms with Gasteiger partial charge in [0.1, 0.15) is 5.60 Å². The molecule has 2 aromatic rings.